The molecule has 5 nitrogen and oxygen atoms in total. The minimum Gasteiger partial charge on any atom is -0.457 e. The van der Waals surface area contributed by atoms with E-state index in [-0.39, 0.29) is 10.6 Å². The second-order valence-electron chi connectivity index (χ2n) is 4.79. The van der Waals surface area contributed by atoms with Crippen molar-refractivity contribution < 1.29 is 18.3 Å². The van der Waals surface area contributed by atoms with Gasteiger partial charge in [0.25, 0.3) is 0 Å². The highest BCUT2D eigenvalue weighted by Crippen LogP contribution is 2.30. The minimum atomic E-state index is -3.66. The number of halogens is 1. The normalized spacial score (nSPS) is 12.9. The molecule has 3 N–H and O–H groups in total. The van der Waals surface area contributed by atoms with Crippen molar-refractivity contribution in [3.8, 4) is 11.5 Å². The van der Waals surface area contributed by atoms with E-state index in [0.717, 1.165) is 0 Å². The number of ether oxygens (including phenoxy) is 1. The summed E-state index contributed by atoms with van der Waals surface area (Å²) >= 11 is 5.79. The first kappa shape index (κ1) is 16.6. The minimum absolute atomic E-state index is 0.0162. The lowest BCUT2D eigenvalue weighted by atomic mass is 10.3. The number of aliphatic hydroxyl groups excluding tert-OH is 1. The van der Waals surface area contributed by atoms with Crippen LogP contribution in [0.3, 0.4) is 0 Å². The van der Waals surface area contributed by atoms with Crippen LogP contribution in [-0.2, 0) is 9.84 Å². The van der Waals surface area contributed by atoms with Gasteiger partial charge in [-0.2, -0.15) is 0 Å². The van der Waals surface area contributed by atoms with Gasteiger partial charge in [0.05, 0.1) is 22.4 Å². The van der Waals surface area contributed by atoms with Gasteiger partial charge in [0.1, 0.15) is 11.5 Å². The van der Waals surface area contributed by atoms with Crippen molar-refractivity contribution in [3.63, 3.8) is 0 Å². The highest BCUT2D eigenvalue weighted by Gasteiger charge is 2.25. The molecule has 1 atom stereocenters. The van der Waals surface area contributed by atoms with Crippen LogP contribution >= 0.6 is 11.6 Å². The van der Waals surface area contributed by atoms with Crippen LogP contribution in [0.4, 0.5) is 5.69 Å². The number of aliphatic hydroxyl groups is 1. The van der Waals surface area contributed by atoms with Crippen molar-refractivity contribution in [3.05, 3.63) is 47.5 Å². The van der Waals surface area contributed by atoms with E-state index >= 15 is 0 Å². The lowest BCUT2D eigenvalue weighted by molar-refractivity contribution is 0.295. The molecule has 0 amide bonds. The van der Waals surface area contributed by atoms with E-state index in [1.54, 1.807) is 24.3 Å². The van der Waals surface area contributed by atoms with E-state index in [1.807, 2.05) is 0 Å². The molecule has 0 fully saturated rings. The van der Waals surface area contributed by atoms with E-state index < -0.39 is 21.7 Å². The largest absolute Gasteiger partial charge is 0.457 e. The van der Waals surface area contributed by atoms with Gasteiger partial charge in [0.15, 0.2) is 9.84 Å². The third-order valence-corrected chi connectivity index (χ3v) is 5.57. The van der Waals surface area contributed by atoms with Crippen LogP contribution in [0.2, 0.25) is 5.02 Å². The number of hydrogen-bond donors (Lipinski definition) is 2. The summed E-state index contributed by atoms with van der Waals surface area (Å²) < 4.78 is 30.0. The van der Waals surface area contributed by atoms with E-state index in [0.29, 0.717) is 16.5 Å². The van der Waals surface area contributed by atoms with Gasteiger partial charge >= 0.3 is 0 Å². The molecule has 0 aliphatic rings. The number of nitrogen functional groups attached to an aromatic ring is 1. The molecule has 0 saturated heterocycles. The fourth-order valence-electron chi connectivity index (χ4n) is 1.80. The smallest absolute Gasteiger partial charge is 0.185 e. The molecule has 0 aliphatic heterocycles. The molecular weight excluding hydrogens is 326 g/mol. The Morgan fingerprint density at radius 3 is 2.32 bits per heavy atom. The van der Waals surface area contributed by atoms with Crippen molar-refractivity contribution in [1.82, 2.24) is 0 Å². The molecule has 0 unspecified atom stereocenters. The molecule has 22 heavy (non-hydrogen) atoms. The number of anilines is 1. The fourth-order valence-corrected chi connectivity index (χ4v) is 3.20. The quantitative estimate of drug-likeness (QED) is 0.816. The van der Waals surface area contributed by atoms with Gasteiger partial charge in [-0.3, -0.25) is 0 Å². The van der Waals surface area contributed by atoms with Crippen LogP contribution in [0.1, 0.15) is 6.92 Å². The number of benzene rings is 2. The summed E-state index contributed by atoms with van der Waals surface area (Å²) in [5.74, 6) is 0.971. The monoisotopic (exact) mass is 341 g/mol. The Morgan fingerprint density at radius 1 is 1.18 bits per heavy atom. The summed E-state index contributed by atoms with van der Waals surface area (Å²) in [7, 11) is -3.66. The van der Waals surface area contributed by atoms with Crippen LogP contribution in [0.25, 0.3) is 0 Å². The zero-order valence-corrected chi connectivity index (χ0v) is 13.4. The maximum atomic E-state index is 12.2. The van der Waals surface area contributed by atoms with Gasteiger partial charge in [-0.25, -0.2) is 8.42 Å². The maximum Gasteiger partial charge on any atom is 0.185 e. The standard InChI is InChI=1S/C15H16ClNO4S/c1-10(9-18)22(19,20)15-7-6-13(8-14(15)17)21-12-4-2-11(16)3-5-12/h2-8,10,18H,9,17H2,1H3/t10-/m0/s1. The molecule has 2 rings (SSSR count). The highest BCUT2D eigenvalue weighted by atomic mass is 35.5. The molecule has 0 saturated carbocycles. The summed E-state index contributed by atoms with van der Waals surface area (Å²) in [5, 5.41) is 8.71. The molecule has 0 aliphatic carbocycles. The molecule has 2 aromatic rings. The van der Waals surface area contributed by atoms with Crippen LogP contribution in [0.5, 0.6) is 11.5 Å². The predicted octanol–water partition coefficient (Wildman–Crippen LogP) is 2.87. The third kappa shape index (κ3) is 3.52. The molecule has 0 aromatic heterocycles. The first-order valence-corrected chi connectivity index (χ1v) is 8.44. The van der Waals surface area contributed by atoms with Crippen molar-refractivity contribution in [2.75, 3.05) is 12.3 Å². The zero-order chi connectivity index (χ0) is 16.3. The molecule has 7 heteroatoms. The molecule has 2 aromatic carbocycles. The second-order valence-corrected chi connectivity index (χ2v) is 7.56. The SMILES string of the molecule is C[C@@H](CO)S(=O)(=O)c1ccc(Oc2ccc(Cl)cc2)cc1N. The van der Waals surface area contributed by atoms with E-state index in [4.69, 9.17) is 27.2 Å². The summed E-state index contributed by atoms with van der Waals surface area (Å²) in [6.45, 7) is 0.956. The Hall–Kier alpha value is -1.76. The van der Waals surface area contributed by atoms with E-state index in [2.05, 4.69) is 0 Å². The Bertz CT molecular complexity index is 760. The van der Waals surface area contributed by atoms with Crippen LogP contribution in [-0.4, -0.2) is 25.4 Å². The Morgan fingerprint density at radius 2 is 1.77 bits per heavy atom. The maximum absolute atomic E-state index is 12.2. The topological polar surface area (TPSA) is 89.6 Å². The fraction of sp³-hybridized carbons (Fsp3) is 0.200. The Balaban J connectivity index is 2.28. The number of sulfone groups is 1. The third-order valence-electron chi connectivity index (χ3n) is 3.12. The average Bonchev–Trinajstić information content (AvgIpc) is 2.48. The molecule has 0 spiro atoms. The second kappa shape index (κ2) is 6.56. The first-order chi connectivity index (χ1) is 10.3. The lowest BCUT2D eigenvalue weighted by Crippen LogP contribution is -2.22. The molecule has 118 valence electrons. The summed E-state index contributed by atoms with van der Waals surface area (Å²) in [5.41, 5.74) is 5.89. The zero-order valence-electron chi connectivity index (χ0n) is 11.9. The first-order valence-electron chi connectivity index (χ1n) is 6.52. The average molecular weight is 342 g/mol. The van der Waals surface area contributed by atoms with Gasteiger partial charge in [-0.15, -0.1) is 0 Å². The van der Waals surface area contributed by atoms with E-state index in [9.17, 15) is 8.42 Å². The summed E-state index contributed by atoms with van der Waals surface area (Å²) in [6, 6.07) is 11.1. The molecule has 0 radical (unpaired) electrons. The molecular formula is C15H16ClNO4S. The number of rotatable bonds is 5. The van der Waals surface area contributed by atoms with Gasteiger partial charge in [-0.1, -0.05) is 11.6 Å². The van der Waals surface area contributed by atoms with Crippen molar-refractivity contribution in [1.29, 1.82) is 0 Å². The van der Waals surface area contributed by atoms with Gasteiger partial charge in [0.2, 0.25) is 0 Å². The van der Waals surface area contributed by atoms with Crippen molar-refractivity contribution in [2.45, 2.75) is 17.1 Å². The number of nitrogens with two attached hydrogens (primary N) is 1. The Kier molecular flexibility index (Phi) is 4.95. The summed E-state index contributed by atoms with van der Waals surface area (Å²) in [4.78, 5) is -0.0162. The molecule has 0 bridgehead atoms. The van der Waals surface area contributed by atoms with E-state index in [1.165, 1.54) is 25.1 Å². The highest BCUT2D eigenvalue weighted by molar-refractivity contribution is 7.92. The van der Waals surface area contributed by atoms with Crippen LogP contribution in [0, 0.1) is 0 Å². The van der Waals surface area contributed by atoms with Gasteiger partial charge < -0.3 is 15.6 Å². The van der Waals surface area contributed by atoms with Crippen LogP contribution < -0.4 is 10.5 Å². The Labute approximate surface area is 134 Å². The van der Waals surface area contributed by atoms with Gasteiger partial charge in [-0.05, 0) is 43.3 Å². The van der Waals surface area contributed by atoms with Crippen LogP contribution in [0.15, 0.2) is 47.4 Å². The van der Waals surface area contributed by atoms with Crippen molar-refractivity contribution in [2.24, 2.45) is 0 Å². The molecule has 0 heterocycles. The number of hydrogen-bond acceptors (Lipinski definition) is 5. The van der Waals surface area contributed by atoms with Crippen molar-refractivity contribution >= 4 is 27.1 Å². The van der Waals surface area contributed by atoms with Gasteiger partial charge in [0, 0.05) is 11.1 Å². The lowest BCUT2D eigenvalue weighted by Gasteiger charge is -2.13. The predicted molar refractivity (Wildman–Crippen MR) is 86.1 cm³/mol. The summed E-state index contributed by atoms with van der Waals surface area (Å²) in [6.07, 6.45) is 0.